The average Bonchev–Trinajstić information content (AvgIpc) is 3.38. The molecule has 3 aromatic carbocycles. The van der Waals surface area contributed by atoms with E-state index in [1.807, 2.05) is 29.2 Å². The van der Waals surface area contributed by atoms with Crippen LogP contribution in [0.15, 0.2) is 72.8 Å². The first-order valence-electron chi connectivity index (χ1n) is 13.9. The summed E-state index contributed by atoms with van der Waals surface area (Å²) in [6.45, 7) is 5.86. The second-order valence-corrected chi connectivity index (χ2v) is 10.3. The van der Waals surface area contributed by atoms with E-state index in [9.17, 15) is 9.18 Å². The number of aromatic nitrogens is 2. The van der Waals surface area contributed by atoms with Crippen molar-refractivity contribution in [3.63, 3.8) is 0 Å². The molecule has 5 nitrogen and oxygen atoms in total. The Bertz CT molecular complexity index is 1330. The Morgan fingerprint density at radius 3 is 2.53 bits per heavy atom. The summed E-state index contributed by atoms with van der Waals surface area (Å²) in [5.41, 5.74) is 4.70. The minimum Gasteiger partial charge on any atom is -0.340 e. The van der Waals surface area contributed by atoms with Crippen LogP contribution in [0.2, 0.25) is 0 Å². The quantitative estimate of drug-likeness (QED) is 0.251. The number of hydrogen-bond donors (Lipinski definition) is 1. The zero-order valence-corrected chi connectivity index (χ0v) is 22.2. The normalized spacial score (nSPS) is 15.0. The predicted octanol–water partition coefficient (Wildman–Crippen LogP) is 6.91. The van der Waals surface area contributed by atoms with Crippen LogP contribution >= 0.6 is 0 Å². The van der Waals surface area contributed by atoms with Gasteiger partial charge in [0.15, 0.2) is 0 Å². The topological polar surface area (TPSA) is 52.2 Å². The van der Waals surface area contributed by atoms with Gasteiger partial charge in [-0.25, -0.2) is 9.37 Å². The number of unbranched alkanes of at least 4 members (excludes halogenated alkanes) is 1. The number of hydrogen-bond acceptors (Lipinski definition) is 3. The van der Waals surface area contributed by atoms with Crippen LogP contribution in [0, 0.1) is 5.82 Å². The Hall–Kier alpha value is -3.51. The molecule has 0 aliphatic carbocycles. The summed E-state index contributed by atoms with van der Waals surface area (Å²) < 4.78 is 14.1. The van der Waals surface area contributed by atoms with Gasteiger partial charge in [-0.15, -0.1) is 0 Å². The lowest BCUT2D eigenvalue weighted by atomic mass is 9.97. The molecule has 5 rings (SSSR count). The Morgan fingerprint density at radius 1 is 1.00 bits per heavy atom. The lowest BCUT2D eigenvalue weighted by Crippen LogP contribution is -2.38. The van der Waals surface area contributed by atoms with Gasteiger partial charge in [-0.1, -0.05) is 62.2 Å². The maximum Gasteiger partial charge on any atom is 0.254 e. The number of nitrogens with zero attached hydrogens (tertiary/aromatic N) is 3. The number of benzene rings is 3. The van der Waals surface area contributed by atoms with Gasteiger partial charge in [0, 0.05) is 25.1 Å². The highest BCUT2D eigenvalue weighted by Gasteiger charge is 2.29. The predicted molar refractivity (Wildman–Crippen MR) is 150 cm³/mol. The minimum atomic E-state index is -0.404. The standard InChI is InChI=1S/C32H37FN4O/c1-2-3-20-37(32(38)25-14-11-15-27(33)21-25)30(31-34-28-16-7-8-17-29(28)35-31)22-24-12-5-6-13-26(24)23-36-18-9-4-10-19-36/h5-8,11-17,21,30H,2-4,9-10,18-20,22-23H2,1H3,(H,34,35). The summed E-state index contributed by atoms with van der Waals surface area (Å²) in [5, 5.41) is 0. The Labute approximate surface area is 224 Å². The summed E-state index contributed by atoms with van der Waals surface area (Å²) in [6, 6.07) is 22.2. The van der Waals surface area contributed by atoms with Crippen molar-refractivity contribution in [2.45, 2.75) is 58.0 Å². The highest BCUT2D eigenvalue weighted by molar-refractivity contribution is 5.94. The number of imidazole rings is 1. The first-order chi connectivity index (χ1) is 18.6. The maximum absolute atomic E-state index is 14.1. The molecule has 1 aliphatic rings. The van der Waals surface area contributed by atoms with Gasteiger partial charge >= 0.3 is 0 Å². The van der Waals surface area contributed by atoms with Crippen molar-refractivity contribution in [1.82, 2.24) is 19.8 Å². The summed E-state index contributed by atoms with van der Waals surface area (Å²) in [7, 11) is 0. The van der Waals surface area contributed by atoms with Crippen molar-refractivity contribution >= 4 is 16.9 Å². The lowest BCUT2D eigenvalue weighted by molar-refractivity contribution is 0.0663. The van der Waals surface area contributed by atoms with Crippen LogP contribution in [-0.2, 0) is 13.0 Å². The smallest absolute Gasteiger partial charge is 0.254 e. The molecule has 1 amide bonds. The Balaban J connectivity index is 1.54. The number of para-hydroxylation sites is 2. The monoisotopic (exact) mass is 512 g/mol. The van der Waals surface area contributed by atoms with Crippen LogP contribution in [0.4, 0.5) is 4.39 Å². The fourth-order valence-electron chi connectivity index (χ4n) is 5.48. The number of amides is 1. The van der Waals surface area contributed by atoms with E-state index in [4.69, 9.17) is 4.98 Å². The van der Waals surface area contributed by atoms with Gasteiger partial charge in [-0.05, 0) is 73.8 Å². The third-order valence-electron chi connectivity index (χ3n) is 7.56. The molecule has 1 N–H and O–H groups in total. The second kappa shape index (κ2) is 12.4. The van der Waals surface area contributed by atoms with Gasteiger partial charge < -0.3 is 9.88 Å². The van der Waals surface area contributed by atoms with E-state index in [1.165, 1.54) is 42.5 Å². The highest BCUT2D eigenvalue weighted by Crippen LogP contribution is 2.30. The molecule has 0 radical (unpaired) electrons. The molecule has 2 heterocycles. The molecule has 0 saturated carbocycles. The molecular weight excluding hydrogens is 475 g/mol. The summed E-state index contributed by atoms with van der Waals surface area (Å²) in [5.74, 6) is 0.190. The minimum absolute atomic E-state index is 0.170. The molecule has 198 valence electrons. The lowest BCUT2D eigenvalue weighted by Gasteiger charge is -2.32. The number of rotatable bonds is 10. The third-order valence-corrected chi connectivity index (χ3v) is 7.56. The highest BCUT2D eigenvalue weighted by atomic mass is 19.1. The van der Waals surface area contributed by atoms with E-state index in [0.29, 0.717) is 18.5 Å². The number of halogens is 1. The van der Waals surface area contributed by atoms with E-state index in [0.717, 1.165) is 49.3 Å². The van der Waals surface area contributed by atoms with Crippen LogP contribution < -0.4 is 0 Å². The number of carbonyl (C=O) groups excluding carboxylic acids is 1. The van der Waals surface area contributed by atoms with E-state index >= 15 is 0 Å². The fraction of sp³-hybridized carbons (Fsp3) is 0.375. The van der Waals surface area contributed by atoms with Crippen LogP contribution in [-0.4, -0.2) is 45.3 Å². The number of carbonyl (C=O) groups is 1. The van der Waals surface area contributed by atoms with E-state index in [2.05, 4.69) is 41.1 Å². The zero-order chi connectivity index (χ0) is 26.3. The molecule has 1 aromatic heterocycles. The summed E-state index contributed by atoms with van der Waals surface area (Å²) in [6.07, 6.45) is 6.24. The third kappa shape index (κ3) is 6.13. The molecule has 0 spiro atoms. The van der Waals surface area contributed by atoms with Crippen LogP contribution in [0.5, 0.6) is 0 Å². The Kier molecular flexibility index (Phi) is 8.49. The number of piperidine rings is 1. The van der Waals surface area contributed by atoms with Gasteiger partial charge in [-0.3, -0.25) is 9.69 Å². The average molecular weight is 513 g/mol. The number of H-pyrrole nitrogens is 1. The van der Waals surface area contributed by atoms with Crippen molar-refractivity contribution in [2.24, 2.45) is 0 Å². The zero-order valence-electron chi connectivity index (χ0n) is 22.2. The molecule has 1 saturated heterocycles. The molecule has 1 aliphatic heterocycles. The SMILES string of the molecule is CCCCN(C(=O)c1cccc(F)c1)C(Cc1ccccc1CN1CCCCC1)c1nc2ccccc2[nH]1. The Morgan fingerprint density at radius 2 is 1.76 bits per heavy atom. The van der Waals surface area contributed by atoms with Crippen molar-refractivity contribution in [2.75, 3.05) is 19.6 Å². The van der Waals surface area contributed by atoms with Crippen LogP contribution in [0.1, 0.15) is 72.4 Å². The first kappa shape index (κ1) is 26.1. The van der Waals surface area contributed by atoms with Crippen molar-refractivity contribution in [1.29, 1.82) is 0 Å². The molecule has 6 heteroatoms. The van der Waals surface area contributed by atoms with Gasteiger partial charge in [0.05, 0.1) is 17.1 Å². The van der Waals surface area contributed by atoms with E-state index < -0.39 is 5.82 Å². The van der Waals surface area contributed by atoms with E-state index in [-0.39, 0.29) is 11.9 Å². The molecule has 1 unspecified atom stereocenters. The number of nitrogens with one attached hydrogen (secondary N) is 1. The van der Waals surface area contributed by atoms with Crippen molar-refractivity contribution < 1.29 is 9.18 Å². The summed E-state index contributed by atoms with van der Waals surface area (Å²) >= 11 is 0. The summed E-state index contributed by atoms with van der Waals surface area (Å²) in [4.78, 5) is 26.8. The van der Waals surface area contributed by atoms with Gasteiger partial charge in [0.25, 0.3) is 5.91 Å². The number of likely N-dealkylation sites (tertiary alicyclic amines) is 1. The first-order valence-corrected chi connectivity index (χ1v) is 13.9. The molecule has 38 heavy (non-hydrogen) atoms. The van der Waals surface area contributed by atoms with Gasteiger partial charge in [-0.2, -0.15) is 0 Å². The molecule has 1 fully saturated rings. The van der Waals surface area contributed by atoms with E-state index in [1.54, 1.807) is 12.1 Å². The number of fused-ring (bicyclic) bond motifs is 1. The molecule has 4 aromatic rings. The second-order valence-electron chi connectivity index (χ2n) is 10.3. The fourth-order valence-corrected chi connectivity index (χ4v) is 5.48. The molecule has 1 atom stereocenters. The maximum atomic E-state index is 14.1. The van der Waals surface area contributed by atoms with Crippen LogP contribution in [0.25, 0.3) is 11.0 Å². The van der Waals surface area contributed by atoms with Crippen molar-refractivity contribution in [3.8, 4) is 0 Å². The van der Waals surface area contributed by atoms with Gasteiger partial charge in [0.2, 0.25) is 0 Å². The molecule has 0 bridgehead atoms. The molecular formula is C32H37FN4O. The largest absolute Gasteiger partial charge is 0.340 e. The van der Waals surface area contributed by atoms with Crippen molar-refractivity contribution in [3.05, 3.63) is 101 Å². The van der Waals surface area contributed by atoms with Crippen LogP contribution in [0.3, 0.4) is 0 Å². The van der Waals surface area contributed by atoms with Gasteiger partial charge in [0.1, 0.15) is 11.6 Å². The number of aromatic amines is 1.